The normalized spacial score (nSPS) is 10.4. The number of carbonyl (C=O) groups is 1. The maximum Gasteiger partial charge on any atom is 0.421 e. The lowest BCUT2D eigenvalue weighted by Crippen LogP contribution is -2.21. The third-order valence-corrected chi connectivity index (χ3v) is 1.70. The van der Waals surface area contributed by atoms with Crippen LogP contribution in [0.25, 0.3) is 0 Å². The predicted octanol–water partition coefficient (Wildman–Crippen LogP) is 0.918. The van der Waals surface area contributed by atoms with Crippen molar-refractivity contribution in [2.75, 3.05) is 7.11 Å². The van der Waals surface area contributed by atoms with Gasteiger partial charge in [-0.3, -0.25) is 4.79 Å². The Morgan fingerprint density at radius 2 is 2.12 bits per heavy atom. The van der Waals surface area contributed by atoms with E-state index >= 15 is 0 Å². The van der Waals surface area contributed by atoms with Gasteiger partial charge in [0.05, 0.1) is 7.11 Å². The molecule has 1 heterocycles. The van der Waals surface area contributed by atoms with Crippen LogP contribution in [0.4, 0.5) is 13.2 Å². The first-order chi connectivity index (χ1) is 7.84. The van der Waals surface area contributed by atoms with Gasteiger partial charge in [0.25, 0.3) is 5.56 Å². The number of pyridine rings is 1. The van der Waals surface area contributed by atoms with E-state index in [-0.39, 0.29) is 5.56 Å². The number of hydrogen-bond acceptors (Lipinski definition) is 3. The molecule has 0 fully saturated rings. The van der Waals surface area contributed by atoms with Crippen LogP contribution in [0, 0.1) is 11.8 Å². The second-order valence-electron chi connectivity index (χ2n) is 2.87. The van der Waals surface area contributed by atoms with Crippen LogP contribution in [0.5, 0.6) is 0 Å². The summed E-state index contributed by atoms with van der Waals surface area (Å²) < 4.78 is 41.2. The number of aromatic amines is 1. The van der Waals surface area contributed by atoms with Crippen molar-refractivity contribution in [3.8, 4) is 11.8 Å². The van der Waals surface area contributed by atoms with Crippen molar-refractivity contribution < 1.29 is 22.7 Å². The molecule has 0 aliphatic heterocycles. The minimum atomic E-state index is -4.77. The number of aromatic nitrogens is 1. The van der Waals surface area contributed by atoms with Crippen LogP contribution in [-0.2, 0) is 15.7 Å². The minimum Gasteiger partial charge on any atom is -0.459 e. The van der Waals surface area contributed by atoms with Gasteiger partial charge in [-0.15, -0.1) is 0 Å². The zero-order valence-corrected chi connectivity index (χ0v) is 8.51. The van der Waals surface area contributed by atoms with Crippen molar-refractivity contribution in [1.29, 1.82) is 0 Å². The SMILES string of the molecule is COC(=O)C#Cc1c[nH]c(=O)c(C(F)(F)F)c1. The molecule has 1 aromatic heterocycles. The van der Waals surface area contributed by atoms with E-state index in [1.165, 1.54) is 0 Å². The zero-order chi connectivity index (χ0) is 13.1. The number of ether oxygens (including phenoxy) is 1. The second kappa shape index (κ2) is 4.74. The lowest BCUT2D eigenvalue weighted by molar-refractivity contribution is -0.138. The van der Waals surface area contributed by atoms with Crippen molar-refractivity contribution in [3.05, 3.63) is 33.7 Å². The number of rotatable bonds is 0. The summed E-state index contributed by atoms with van der Waals surface area (Å²) in [6.07, 6.45) is -3.79. The molecule has 4 nitrogen and oxygen atoms in total. The van der Waals surface area contributed by atoms with E-state index in [9.17, 15) is 22.8 Å². The molecule has 0 aliphatic rings. The van der Waals surface area contributed by atoms with Gasteiger partial charge in [-0.25, -0.2) is 4.79 Å². The number of alkyl halides is 3. The van der Waals surface area contributed by atoms with E-state index in [0.29, 0.717) is 6.07 Å². The summed E-state index contributed by atoms with van der Waals surface area (Å²) in [5.41, 5.74) is -2.77. The van der Waals surface area contributed by atoms with E-state index in [0.717, 1.165) is 13.3 Å². The Kier molecular flexibility index (Phi) is 3.58. The molecule has 0 radical (unpaired) electrons. The summed E-state index contributed by atoms with van der Waals surface area (Å²) in [6, 6.07) is 0.564. The number of H-pyrrole nitrogens is 1. The maximum absolute atomic E-state index is 12.3. The van der Waals surface area contributed by atoms with E-state index in [4.69, 9.17) is 0 Å². The summed E-state index contributed by atoms with van der Waals surface area (Å²) in [5.74, 6) is 3.20. The van der Waals surface area contributed by atoms with Crippen LogP contribution in [0.15, 0.2) is 17.1 Å². The number of nitrogens with one attached hydrogen (secondary N) is 1. The summed E-state index contributed by atoms with van der Waals surface area (Å²) in [4.78, 5) is 23.4. The largest absolute Gasteiger partial charge is 0.459 e. The highest BCUT2D eigenvalue weighted by atomic mass is 19.4. The Morgan fingerprint density at radius 3 is 2.65 bits per heavy atom. The molecule has 7 heteroatoms. The molecule has 1 rings (SSSR count). The average Bonchev–Trinajstić information content (AvgIpc) is 2.26. The van der Waals surface area contributed by atoms with E-state index in [1.54, 1.807) is 0 Å². The maximum atomic E-state index is 12.3. The Hall–Kier alpha value is -2.23. The Morgan fingerprint density at radius 1 is 1.47 bits per heavy atom. The third kappa shape index (κ3) is 3.38. The van der Waals surface area contributed by atoms with Crippen LogP contribution >= 0.6 is 0 Å². The van der Waals surface area contributed by atoms with Gasteiger partial charge in [0.1, 0.15) is 5.56 Å². The van der Waals surface area contributed by atoms with E-state index < -0.39 is 23.3 Å². The van der Waals surface area contributed by atoms with Gasteiger partial charge < -0.3 is 9.72 Å². The fourth-order valence-electron chi connectivity index (χ4n) is 0.941. The zero-order valence-electron chi connectivity index (χ0n) is 8.51. The lowest BCUT2D eigenvalue weighted by Gasteiger charge is -2.04. The summed E-state index contributed by atoms with van der Waals surface area (Å²) in [6.45, 7) is 0. The standard InChI is InChI=1S/C10H6F3NO3/c1-17-8(15)3-2-6-4-7(10(11,12)13)9(16)14-5-6/h4-5H,1H3,(H,14,16). The predicted molar refractivity (Wildman–Crippen MR) is 51.0 cm³/mol. The van der Waals surface area contributed by atoms with Gasteiger partial charge in [-0.2, -0.15) is 13.2 Å². The van der Waals surface area contributed by atoms with Crippen LogP contribution in [0.2, 0.25) is 0 Å². The number of methoxy groups -OCH3 is 1. The number of hydrogen-bond donors (Lipinski definition) is 1. The fraction of sp³-hybridized carbons (Fsp3) is 0.200. The highest BCUT2D eigenvalue weighted by Gasteiger charge is 2.33. The van der Waals surface area contributed by atoms with Crippen molar-refractivity contribution in [3.63, 3.8) is 0 Å². The van der Waals surface area contributed by atoms with Gasteiger partial charge in [0.2, 0.25) is 0 Å². The molecule has 0 spiro atoms. The first kappa shape index (κ1) is 12.8. The molecule has 1 aromatic rings. The van der Waals surface area contributed by atoms with Gasteiger partial charge >= 0.3 is 12.1 Å². The van der Waals surface area contributed by atoms with Gasteiger partial charge in [-0.05, 0) is 6.07 Å². The third-order valence-electron chi connectivity index (χ3n) is 1.70. The molecule has 0 aliphatic carbocycles. The molecule has 0 bridgehead atoms. The highest BCUT2D eigenvalue weighted by molar-refractivity contribution is 5.88. The average molecular weight is 245 g/mol. The molecule has 0 amide bonds. The smallest absolute Gasteiger partial charge is 0.421 e. The lowest BCUT2D eigenvalue weighted by atomic mass is 10.2. The van der Waals surface area contributed by atoms with E-state index in [2.05, 4.69) is 10.7 Å². The Bertz CT molecular complexity index is 548. The molecule has 0 aromatic carbocycles. The minimum absolute atomic E-state index is 0.137. The Labute approximate surface area is 93.4 Å². The molecular formula is C10H6F3NO3. The van der Waals surface area contributed by atoms with Crippen molar-refractivity contribution in [2.24, 2.45) is 0 Å². The first-order valence-corrected chi connectivity index (χ1v) is 4.24. The molecule has 90 valence electrons. The van der Waals surface area contributed by atoms with Gasteiger partial charge in [0.15, 0.2) is 0 Å². The van der Waals surface area contributed by atoms with Crippen LogP contribution in [0.1, 0.15) is 11.1 Å². The van der Waals surface area contributed by atoms with E-state index in [1.807, 2.05) is 10.9 Å². The molecule has 0 saturated heterocycles. The monoisotopic (exact) mass is 245 g/mol. The van der Waals surface area contributed by atoms with Crippen molar-refractivity contribution in [2.45, 2.75) is 6.18 Å². The topological polar surface area (TPSA) is 59.2 Å². The van der Waals surface area contributed by atoms with Crippen molar-refractivity contribution in [1.82, 2.24) is 4.98 Å². The summed E-state index contributed by atoms with van der Waals surface area (Å²) in [5, 5.41) is 0. The number of esters is 1. The fourth-order valence-corrected chi connectivity index (χ4v) is 0.941. The molecule has 17 heavy (non-hydrogen) atoms. The number of carbonyl (C=O) groups excluding carboxylic acids is 1. The van der Waals surface area contributed by atoms with Crippen LogP contribution in [-0.4, -0.2) is 18.1 Å². The molecular weight excluding hydrogens is 239 g/mol. The van der Waals surface area contributed by atoms with Gasteiger partial charge in [-0.1, -0.05) is 5.92 Å². The van der Waals surface area contributed by atoms with Gasteiger partial charge in [0, 0.05) is 17.7 Å². The van der Waals surface area contributed by atoms with Crippen LogP contribution in [0.3, 0.4) is 0 Å². The second-order valence-corrected chi connectivity index (χ2v) is 2.87. The molecule has 1 N–H and O–H groups in total. The van der Waals surface area contributed by atoms with Crippen LogP contribution < -0.4 is 5.56 Å². The molecule has 0 unspecified atom stereocenters. The first-order valence-electron chi connectivity index (χ1n) is 4.24. The quantitative estimate of drug-likeness (QED) is 0.546. The summed E-state index contributed by atoms with van der Waals surface area (Å²) in [7, 11) is 1.09. The number of halogens is 3. The van der Waals surface area contributed by atoms with Crippen molar-refractivity contribution >= 4 is 5.97 Å². The Balaban J connectivity index is 3.17. The molecule has 0 atom stereocenters. The molecule has 0 saturated carbocycles. The highest BCUT2D eigenvalue weighted by Crippen LogP contribution is 2.26. The summed E-state index contributed by atoms with van der Waals surface area (Å²) >= 11 is 0.